The van der Waals surface area contributed by atoms with E-state index in [0.29, 0.717) is 25.7 Å². The molecule has 0 bridgehead atoms. The Bertz CT molecular complexity index is 629. The summed E-state index contributed by atoms with van der Waals surface area (Å²) in [5, 5.41) is 9.74. The van der Waals surface area contributed by atoms with Crippen LogP contribution in [0.4, 0.5) is 0 Å². The van der Waals surface area contributed by atoms with Crippen LogP contribution in [-0.4, -0.2) is 59.1 Å². The van der Waals surface area contributed by atoms with Crippen LogP contribution < -0.4 is 0 Å². The average Bonchev–Trinajstić information content (AvgIpc) is 3.22. The van der Waals surface area contributed by atoms with Gasteiger partial charge in [0.25, 0.3) is 0 Å². The topological polar surface area (TPSA) is 53.0 Å². The number of hydrogen-bond acceptors (Lipinski definition) is 4. The molecule has 142 valence electrons. The molecular weight excluding hydrogens is 328 g/mol. The summed E-state index contributed by atoms with van der Waals surface area (Å²) in [5.41, 5.74) is 0.943. The summed E-state index contributed by atoms with van der Waals surface area (Å²) < 4.78 is 5.89. The predicted molar refractivity (Wildman–Crippen MR) is 100.0 cm³/mol. The van der Waals surface area contributed by atoms with Crippen molar-refractivity contribution >= 4 is 5.91 Å². The lowest BCUT2D eigenvalue weighted by Crippen LogP contribution is -2.56. The number of aromatic hydroxyl groups is 1. The zero-order chi connectivity index (χ0) is 17.9. The molecule has 1 aromatic carbocycles. The van der Waals surface area contributed by atoms with E-state index in [2.05, 4.69) is 4.90 Å². The maximum atomic E-state index is 13.3. The fraction of sp³-hybridized carbons (Fsp3) is 0.667. The van der Waals surface area contributed by atoms with E-state index in [-0.39, 0.29) is 23.8 Å². The molecule has 5 nitrogen and oxygen atoms in total. The van der Waals surface area contributed by atoms with E-state index in [4.69, 9.17) is 4.74 Å². The molecule has 2 aliphatic heterocycles. The normalized spacial score (nSPS) is 28.4. The molecular formula is C21H30N2O3. The number of carbonyl (C=O) groups excluding carboxylic acids is 1. The Labute approximate surface area is 155 Å². The second-order valence-corrected chi connectivity index (χ2v) is 7.93. The van der Waals surface area contributed by atoms with Gasteiger partial charge in [-0.1, -0.05) is 31.4 Å². The standard InChI is InChI=1S/C21H30N2O3/c24-18-9-5-6-16(14-18)20-15-22(12-13-26-20)21(25)19-10-3-4-11-23(19)17-7-1-2-8-17/h5-6,9,14,17,19-20,24H,1-4,7-8,10-13,15H2. The number of amides is 1. The molecule has 4 rings (SSSR count). The number of carbonyl (C=O) groups is 1. The van der Waals surface area contributed by atoms with Crippen LogP contribution in [0.25, 0.3) is 0 Å². The number of morpholine rings is 1. The van der Waals surface area contributed by atoms with E-state index < -0.39 is 0 Å². The van der Waals surface area contributed by atoms with Crippen molar-refractivity contribution in [1.29, 1.82) is 0 Å². The van der Waals surface area contributed by atoms with Crippen molar-refractivity contribution < 1.29 is 14.6 Å². The van der Waals surface area contributed by atoms with Crippen molar-refractivity contribution in [3.8, 4) is 5.75 Å². The van der Waals surface area contributed by atoms with E-state index in [1.165, 1.54) is 32.1 Å². The molecule has 0 radical (unpaired) electrons. The van der Waals surface area contributed by atoms with Gasteiger partial charge in [-0.2, -0.15) is 0 Å². The van der Waals surface area contributed by atoms with Gasteiger partial charge >= 0.3 is 0 Å². The minimum Gasteiger partial charge on any atom is -0.508 e. The second kappa shape index (κ2) is 7.97. The SMILES string of the molecule is O=C(C1CCCCN1C1CCCC1)N1CCOC(c2cccc(O)c2)C1. The van der Waals surface area contributed by atoms with Crippen molar-refractivity contribution in [2.24, 2.45) is 0 Å². The van der Waals surface area contributed by atoms with Crippen molar-refractivity contribution in [2.45, 2.75) is 63.1 Å². The molecule has 1 saturated carbocycles. The van der Waals surface area contributed by atoms with Gasteiger partial charge in [-0.05, 0) is 49.9 Å². The monoisotopic (exact) mass is 358 g/mol. The number of phenols is 1. The van der Waals surface area contributed by atoms with Crippen molar-refractivity contribution in [2.75, 3.05) is 26.2 Å². The van der Waals surface area contributed by atoms with Gasteiger partial charge in [0, 0.05) is 12.6 Å². The third-order valence-electron chi connectivity index (χ3n) is 6.24. The first kappa shape index (κ1) is 17.8. The molecule has 2 heterocycles. The van der Waals surface area contributed by atoms with Crippen LogP contribution in [0.2, 0.25) is 0 Å². The Morgan fingerprint density at radius 2 is 1.88 bits per heavy atom. The molecule has 2 unspecified atom stereocenters. The molecule has 2 atom stereocenters. The molecule has 2 saturated heterocycles. The first-order valence-corrected chi connectivity index (χ1v) is 10.2. The molecule has 3 fully saturated rings. The summed E-state index contributed by atoms with van der Waals surface area (Å²) >= 11 is 0. The molecule has 3 aliphatic rings. The van der Waals surface area contributed by atoms with Gasteiger partial charge in [0.05, 0.1) is 19.2 Å². The van der Waals surface area contributed by atoms with E-state index >= 15 is 0 Å². The average molecular weight is 358 g/mol. The number of phenolic OH excluding ortho intramolecular Hbond substituents is 1. The maximum absolute atomic E-state index is 13.3. The lowest BCUT2D eigenvalue weighted by Gasteiger charge is -2.42. The number of piperidine rings is 1. The molecule has 1 aliphatic carbocycles. The van der Waals surface area contributed by atoms with Gasteiger partial charge in [0.1, 0.15) is 11.9 Å². The number of ether oxygens (including phenoxy) is 1. The summed E-state index contributed by atoms with van der Waals surface area (Å²) in [6, 6.07) is 7.85. The van der Waals surface area contributed by atoms with Gasteiger partial charge < -0.3 is 14.7 Å². The smallest absolute Gasteiger partial charge is 0.240 e. The number of nitrogens with zero attached hydrogens (tertiary/aromatic N) is 2. The second-order valence-electron chi connectivity index (χ2n) is 7.93. The summed E-state index contributed by atoms with van der Waals surface area (Å²) in [7, 11) is 0. The highest BCUT2D eigenvalue weighted by atomic mass is 16.5. The largest absolute Gasteiger partial charge is 0.508 e. The van der Waals surface area contributed by atoms with Crippen LogP contribution in [0, 0.1) is 0 Å². The summed E-state index contributed by atoms with van der Waals surface area (Å²) in [4.78, 5) is 17.9. The molecule has 0 aromatic heterocycles. The van der Waals surface area contributed by atoms with Crippen molar-refractivity contribution in [3.05, 3.63) is 29.8 Å². The summed E-state index contributed by atoms with van der Waals surface area (Å²) in [6.45, 7) is 2.88. The Hall–Kier alpha value is -1.59. The molecule has 5 heteroatoms. The minimum absolute atomic E-state index is 0.0507. The van der Waals surface area contributed by atoms with E-state index in [9.17, 15) is 9.90 Å². The molecule has 0 spiro atoms. The van der Waals surface area contributed by atoms with Gasteiger partial charge in [-0.15, -0.1) is 0 Å². The molecule has 26 heavy (non-hydrogen) atoms. The van der Waals surface area contributed by atoms with Crippen LogP contribution in [0.1, 0.15) is 56.6 Å². The van der Waals surface area contributed by atoms with Crippen molar-refractivity contribution in [3.63, 3.8) is 0 Å². The zero-order valence-corrected chi connectivity index (χ0v) is 15.5. The summed E-state index contributed by atoms with van der Waals surface area (Å²) in [5.74, 6) is 0.527. The summed E-state index contributed by atoms with van der Waals surface area (Å²) in [6.07, 6.45) is 8.32. The van der Waals surface area contributed by atoms with Gasteiger partial charge in [0.15, 0.2) is 0 Å². The Morgan fingerprint density at radius 1 is 1.08 bits per heavy atom. The highest BCUT2D eigenvalue weighted by molar-refractivity contribution is 5.82. The number of hydrogen-bond donors (Lipinski definition) is 1. The van der Waals surface area contributed by atoms with Crippen LogP contribution in [0.15, 0.2) is 24.3 Å². The minimum atomic E-state index is -0.150. The Kier molecular flexibility index (Phi) is 5.46. The van der Waals surface area contributed by atoms with Crippen LogP contribution in [-0.2, 0) is 9.53 Å². The predicted octanol–water partition coefficient (Wildman–Crippen LogP) is 3.09. The van der Waals surface area contributed by atoms with Gasteiger partial charge in [-0.25, -0.2) is 0 Å². The van der Waals surface area contributed by atoms with Crippen LogP contribution in [0.5, 0.6) is 5.75 Å². The third-order valence-corrected chi connectivity index (χ3v) is 6.24. The number of likely N-dealkylation sites (tertiary alicyclic amines) is 1. The molecule has 1 N–H and O–H groups in total. The fourth-order valence-corrected chi connectivity index (χ4v) is 4.88. The third kappa shape index (κ3) is 3.74. The van der Waals surface area contributed by atoms with E-state index in [1.54, 1.807) is 12.1 Å². The number of rotatable bonds is 3. The highest BCUT2D eigenvalue weighted by Crippen LogP contribution is 2.31. The Morgan fingerprint density at radius 3 is 2.69 bits per heavy atom. The van der Waals surface area contributed by atoms with E-state index in [0.717, 1.165) is 24.9 Å². The van der Waals surface area contributed by atoms with Crippen molar-refractivity contribution in [1.82, 2.24) is 9.80 Å². The molecule has 1 amide bonds. The van der Waals surface area contributed by atoms with Crippen LogP contribution in [0.3, 0.4) is 0 Å². The maximum Gasteiger partial charge on any atom is 0.240 e. The molecule has 1 aromatic rings. The van der Waals surface area contributed by atoms with Gasteiger partial charge in [-0.3, -0.25) is 9.69 Å². The van der Waals surface area contributed by atoms with Gasteiger partial charge in [0.2, 0.25) is 5.91 Å². The highest BCUT2D eigenvalue weighted by Gasteiger charge is 2.38. The quantitative estimate of drug-likeness (QED) is 0.902. The number of benzene rings is 1. The fourth-order valence-electron chi connectivity index (χ4n) is 4.88. The lowest BCUT2D eigenvalue weighted by molar-refractivity contribution is -0.147. The van der Waals surface area contributed by atoms with E-state index in [1.807, 2.05) is 17.0 Å². The Balaban J connectivity index is 1.46. The lowest BCUT2D eigenvalue weighted by atomic mass is 9.97. The first-order valence-electron chi connectivity index (χ1n) is 10.2. The van der Waals surface area contributed by atoms with Crippen LogP contribution >= 0.6 is 0 Å². The first-order chi connectivity index (χ1) is 12.7. The zero-order valence-electron chi connectivity index (χ0n) is 15.5.